The number of hydrogen-bond donors (Lipinski definition) is 1. The van der Waals surface area contributed by atoms with Crippen molar-refractivity contribution in [2.75, 3.05) is 39.8 Å². The van der Waals surface area contributed by atoms with Crippen LogP contribution in [0.4, 0.5) is 0 Å². The van der Waals surface area contributed by atoms with Crippen molar-refractivity contribution >= 4 is 5.91 Å². The lowest BCUT2D eigenvalue weighted by Crippen LogP contribution is -2.54. The van der Waals surface area contributed by atoms with Crippen LogP contribution >= 0.6 is 0 Å². The van der Waals surface area contributed by atoms with Gasteiger partial charge in [-0.1, -0.05) is 6.92 Å². The highest BCUT2D eigenvalue weighted by atomic mass is 16.2. The largest absolute Gasteiger partial charge is 0.343 e. The lowest BCUT2D eigenvalue weighted by molar-refractivity contribution is -0.135. The topological polar surface area (TPSA) is 35.6 Å². The number of likely N-dealkylation sites (N-methyl/N-ethyl adjacent to an activating group) is 2. The van der Waals surface area contributed by atoms with Crippen molar-refractivity contribution in [2.24, 2.45) is 0 Å². The van der Waals surface area contributed by atoms with E-state index < -0.39 is 5.54 Å². The number of rotatable bonds is 6. The van der Waals surface area contributed by atoms with E-state index in [0.717, 1.165) is 19.6 Å². The Labute approximate surface area is 105 Å². The van der Waals surface area contributed by atoms with Crippen LogP contribution in [0.25, 0.3) is 0 Å². The van der Waals surface area contributed by atoms with E-state index in [1.807, 2.05) is 32.7 Å². The molecule has 1 aliphatic heterocycles. The Morgan fingerprint density at radius 2 is 1.94 bits per heavy atom. The van der Waals surface area contributed by atoms with Crippen LogP contribution in [0, 0.1) is 0 Å². The summed E-state index contributed by atoms with van der Waals surface area (Å²) in [5.74, 6) is 0.179. The van der Waals surface area contributed by atoms with Crippen LogP contribution in [0.5, 0.6) is 0 Å². The third-order valence-electron chi connectivity index (χ3n) is 3.45. The number of amides is 1. The molecule has 100 valence electrons. The summed E-state index contributed by atoms with van der Waals surface area (Å²) in [5.41, 5.74) is -0.450. The molecule has 0 spiro atoms. The third kappa shape index (κ3) is 4.28. The molecule has 0 radical (unpaired) electrons. The summed E-state index contributed by atoms with van der Waals surface area (Å²) in [6.45, 7) is 11.0. The van der Waals surface area contributed by atoms with E-state index in [1.54, 1.807) is 0 Å². The summed E-state index contributed by atoms with van der Waals surface area (Å²) < 4.78 is 0. The standard InChI is InChI=1S/C13H27N3O/c1-5-14-13(2,3)12(17)15(4)10-11-16-8-6-7-9-16/h14H,5-11H2,1-4H3. The first kappa shape index (κ1) is 14.5. The van der Waals surface area contributed by atoms with Crippen LogP contribution in [0.15, 0.2) is 0 Å². The zero-order valence-electron chi connectivity index (χ0n) is 11.8. The van der Waals surface area contributed by atoms with Gasteiger partial charge in [0.05, 0.1) is 5.54 Å². The second-order valence-electron chi connectivity index (χ2n) is 5.43. The minimum absolute atomic E-state index is 0.179. The van der Waals surface area contributed by atoms with E-state index in [4.69, 9.17) is 0 Å². The zero-order chi connectivity index (χ0) is 12.9. The average molecular weight is 241 g/mol. The van der Waals surface area contributed by atoms with Gasteiger partial charge in [-0.25, -0.2) is 0 Å². The van der Waals surface area contributed by atoms with E-state index in [-0.39, 0.29) is 5.91 Å². The van der Waals surface area contributed by atoms with Gasteiger partial charge in [-0.2, -0.15) is 0 Å². The minimum Gasteiger partial charge on any atom is -0.343 e. The van der Waals surface area contributed by atoms with Crippen molar-refractivity contribution in [2.45, 2.75) is 39.2 Å². The van der Waals surface area contributed by atoms with E-state index >= 15 is 0 Å². The first-order valence-corrected chi connectivity index (χ1v) is 6.70. The molecule has 0 atom stereocenters. The van der Waals surface area contributed by atoms with Gasteiger partial charge in [-0.05, 0) is 46.3 Å². The van der Waals surface area contributed by atoms with Crippen LogP contribution in [0.2, 0.25) is 0 Å². The maximum atomic E-state index is 12.2. The number of nitrogens with one attached hydrogen (secondary N) is 1. The number of likely N-dealkylation sites (tertiary alicyclic amines) is 1. The highest BCUT2D eigenvalue weighted by Gasteiger charge is 2.29. The molecule has 0 aliphatic carbocycles. The molecule has 1 aliphatic rings. The van der Waals surface area contributed by atoms with Crippen LogP contribution in [-0.4, -0.2) is 61.0 Å². The molecule has 0 aromatic carbocycles. The van der Waals surface area contributed by atoms with Gasteiger partial charge >= 0.3 is 0 Å². The molecule has 0 aromatic rings. The summed E-state index contributed by atoms with van der Waals surface area (Å²) >= 11 is 0. The fourth-order valence-electron chi connectivity index (χ4n) is 2.39. The van der Waals surface area contributed by atoms with Crippen LogP contribution in [-0.2, 0) is 4.79 Å². The van der Waals surface area contributed by atoms with Gasteiger partial charge in [0, 0.05) is 20.1 Å². The first-order valence-electron chi connectivity index (χ1n) is 6.70. The Morgan fingerprint density at radius 3 is 2.47 bits per heavy atom. The molecular weight excluding hydrogens is 214 g/mol. The molecule has 0 unspecified atom stereocenters. The molecular formula is C13H27N3O. The Hall–Kier alpha value is -0.610. The van der Waals surface area contributed by atoms with Crippen molar-refractivity contribution in [3.05, 3.63) is 0 Å². The molecule has 0 aromatic heterocycles. The van der Waals surface area contributed by atoms with Crippen molar-refractivity contribution in [3.8, 4) is 0 Å². The second-order valence-corrected chi connectivity index (χ2v) is 5.43. The molecule has 1 N–H and O–H groups in total. The molecule has 0 bridgehead atoms. The molecule has 17 heavy (non-hydrogen) atoms. The van der Waals surface area contributed by atoms with E-state index in [9.17, 15) is 4.79 Å². The highest BCUT2D eigenvalue weighted by Crippen LogP contribution is 2.09. The lowest BCUT2D eigenvalue weighted by atomic mass is 10.0. The third-order valence-corrected chi connectivity index (χ3v) is 3.45. The first-order chi connectivity index (χ1) is 7.97. The molecule has 1 saturated heterocycles. The van der Waals surface area contributed by atoms with Crippen molar-refractivity contribution in [3.63, 3.8) is 0 Å². The maximum Gasteiger partial charge on any atom is 0.242 e. The fourth-order valence-corrected chi connectivity index (χ4v) is 2.39. The fraction of sp³-hybridized carbons (Fsp3) is 0.923. The predicted molar refractivity (Wildman–Crippen MR) is 71.1 cm³/mol. The van der Waals surface area contributed by atoms with Gasteiger partial charge in [0.25, 0.3) is 0 Å². The Kier molecular flexibility index (Phi) is 5.40. The van der Waals surface area contributed by atoms with Gasteiger partial charge in [0.2, 0.25) is 5.91 Å². The number of nitrogens with zero attached hydrogens (tertiary/aromatic N) is 2. The molecule has 4 nitrogen and oxygen atoms in total. The summed E-state index contributed by atoms with van der Waals surface area (Å²) in [4.78, 5) is 16.5. The van der Waals surface area contributed by atoms with Gasteiger partial charge in [0.15, 0.2) is 0 Å². The summed E-state index contributed by atoms with van der Waals surface area (Å²) in [6, 6.07) is 0. The number of carbonyl (C=O) groups is 1. The molecule has 1 amide bonds. The molecule has 1 rings (SSSR count). The molecule has 1 heterocycles. The molecule has 0 saturated carbocycles. The van der Waals surface area contributed by atoms with E-state index in [0.29, 0.717) is 0 Å². The Morgan fingerprint density at radius 1 is 1.35 bits per heavy atom. The van der Waals surface area contributed by atoms with Crippen molar-refractivity contribution in [1.82, 2.24) is 15.1 Å². The number of carbonyl (C=O) groups excluding carboxylic acids is 1. The van der Waals surface area contributed by atoms with Crippen LogP contribution < -0.4 is 5.32 Å². The molecule has 1 fully saturated rings. The smallest absolute Gasteiger partial charge is 0.242 e. The average Bonchev–Trinajstić information content (AvgIpc) is 2.77. The van der Waals surface area contributed by atoms with Crippen molar-refractivity contribution < 1.29 is 4.79 Å². The predicted octanol–water partition coefficient (Wildman–Crippen LogP) is 0.929. The van der Waals surface area contributed by atoms with E-state index in [2.05, 4.69) is 10.2 Å². The van der Waals surface area contributed by atoms with Crippen LogP contribution in [0.1, 0.15) is 33.6 Å². The lowest BCUT2D eigenvalue weighted by Gasteiger charge is -2.31. The summed E-state index contributed by atoms with van der Waals surface area (Å²) in [6.07, 6.45) is 2.61. The minimum atomic E-state index is -0.450. The summed E-state index contributed by atoms with van der Waals surface area (Å²) in [7, 11) is 1.90. The molecule has 4 heteroatoms. The van der Waals surface area contributed by atoms with Gasteiger partial charge < -0.3 is 15.1 Å². The van der Waals surface area contributed by atoms with Crippen molar-refractivity contribution in [1.29, 1.82) is 0 Å². The van der Waals surface area contributed by atoms with Crippen LogP contribution in [0.3, 0.4) is 0 Å². The van der Waals surface area contributed by atoms with Gasteiger partial charge in [-0.15, -0.1) is 0 Å². The Balaban J connectivity index is 2.35. The van der Waals surface area contributed by atoms with Gasteiger partial charge in [0.1, 0.15) is 0 Å². The van der Waals surface area contributed by atoms with Gasteiger partial charge in [-0.3, -0.25) is 4.79 Å². The normalized spacial score (nSPS) is 17.4. The quantitative estimate of drug-likeness (QED) is 0.751. The number of hydrogen-bond acceptors (Lipinski definition) is 3. The monoisotopic (exact) mass is 241 g/mol. The highest BCUT2D eigenvalue weighted by molar-refractivity contribution is 5.85. The summed E-state index contributed by atoms with van der Waals surface area (Å²) in [5, 5.41) is 3.23. The second kappa shape index (κ2) is 6.36. The van der Waals surface area contributed by atoms with E-state index in [1.165, 1.54) is 25.9 Å². The maximum absolute atomic E-state index is 12.2. The SMILES string of the molecule is CCNC(C)(C)C(=O)N(C)CCN1CCCC1. The zero-order valence-corrected chi connectivity index (χ0v) is 11.8. The Bertz CT molecular complexity index is 247.